The molecule has 1 amide bonds. The molecular weight excluding hydrogens is 394 g/mol. The van der Waals surface area contributed by atoms with Gasteiger partial charge in [0, 0.05) is 24.0 Å². The zero-order chi connectivity index (χ0) is 18.5. The van der Waals surface area contributed by atoms with Gasteiger partial charge in [-0.05, 0) is 36.6 Å². The van der Waals surface area contributed by atoms with Crippen LogP contribution in [0.1, 0.15) is 17.5 Å². The van der Waals surface area contributed by atoms with Gasteiger partial charge in [-0.15, -0.1) is 0 Å². The van der Waals surface area contributed by atoms with Crippen LogP contribution in [0.3, 0.4) is 0 Å². The smallest absolute Gasteiger partial charge is 0.261 e. The van der Waals surface area contributed by atoms with Crippen LogP contribution in [0.2, 0.25) is 0 Å². The second-order valence-corrected chi connectivity index (χ2v) is 7.01. The maximum Gasteiger partial charge on any atom is 0.261 e. The van der Waals surface area contributed by atoms with Gasteiger partial charge in [0.25, 0.3) is 5.56 Å². The van der Waals surface area contributed by atoms with E-state index in [0.29, 0.717) is 24.0 Å². The van der Waals surface area contributed by atoms with E-state index in [4.69, 9.17) is 0 Å². The predicted molar refractivity (Wildman–Crippen MR) is 106 cm³/mol. The molecule has 3 rings (SSSR count). The van der Waals surface area contributed by atoms with E-state index < -0.39 is 0 Å². The third-order valence-corrected chi connectivity index (χ3v) is 5.08. The number of rotatable bonds is 6. The number of fused-ring (bicyclic) bond motifs is 1. The third kappa shape index (κ3) is 4.19. The summed E-state index contributed by atoms with van der Waals surface area (Å²) in [5.74, 6) is -0.0757. The van der Waals surface area contributed by atoms with Crippen LogP contribution in [0.4, 0.5) is 0 Å². The maximum atomic E-state index is 12.5. The van der Waals surface area contributed by atoms with Crippen molar-refractivity contribution >= 4 is 32.7 Å². The minimum atomic E-state index is -0.111. The summed E-state index contributed by atoms with van der Waals surface area (Å²) < 4.78 is 2.54. The van der Waals surface area contributed by atoms with E-state index in [-0.39, 0.29) is 17.9 Å². The second-order valence-electron chi connectivity index (χ2n) is 6.16. The molecule has 0 aliphatic rings. The highest BCUT2D eigenvalue weighted by molar-refractivity contribution is 9.10. The molecule has 0 bridgehead atoms. The van der Waals surface area contributed by atoms with E-state index in [1.54, 1.807) is 6.07 Å². The summed E-state index contributed by atoms with van der Waals surface area (Å²) in [6, 6.07) is 13.5. The van der Waals surface area contributed by atoms with E-state index >= 15 is 0 Å². The van der Waals surface area contributed by atoms with Crippen LogP contribution in [0.15, 0.2) is 58.1 Å². The SMILES string of the molecule is Cc1cccc2c(=O)n(CCC(=O)NCCc3ccccc3Br)cnc12. The highest BCUT2D eigenvalue weighted by atomic mass is 79.9. The molecule has 6 heteroatoms. The minimum Gasteiger partial charge on any atom is -0.356 e. The summed E-state index contributed by atoms with van der Waals surface area (Å²) in [5.41, 5.74) is 2.72. The summed E-state index contributed by atoms with van der Waals surface area (Å²) in [6.45, 7) is 2.81. The first-order valence-electron chi connectivity index (χ1n) is 8.51. The van der Waals surface area contributed by atoms with Crippen LogP contribution < -0.4 is 10.9 Å². The number of halogens is 1. The Labute approximate surface area is 160 Å². The van der Waals surface area contributed by atoms with Gasteiger partial charge in [-0.1, -0.05) is 46.3 Å². The largest absolute Gasteiger partial charge is 0.356 e. The molecular formula is C20H20BrN3O2. The first-order valence-corrected chi connectivity index (χ1v) is 9.30. The van der Waals surface area contributed by atoms with Gasteiger partial charge >= 0.3 is 0 Å². The van der Waals surface area contributed by atoms with Crippen LogP contribution in [0, 0.1) is 6.92 Å². The highest BCUT2D eigenvalue weighted by Crippen LogP contribution is 2.15. The van der Waals surface area contributed by atoms with Crippen LogP contribution in [-0.4, -0.2) is 22.0 Å². The average molecular weight is 414 g/mol. The van der Waals surface area contributed by atoms with Gasteiger partial charge in [-0.3, -0.25) is 14.2 Å². The lowest BCUT2D eigenvalue weighted by Crippen LogP contribution is -2.29. The fourth-order valence-corrected chi connectivity index (χ4v) is 3.33. The number of benzene rings is 2. The molecule has 0 unspecified atom stereocenters. The zero-order valence-corrected chi connectivity index (χ0v) is 16.1. The first kappa shape index (κ1) is 18.3. The number of carbonyl (C=O) groups is 1. The molecule has 0 aliphatic carbocycles. The molecule has 2 aromatic carbocycles. The van der Waals surface area contributed by atoms with Crippen LogP contribution in [-0.2, 0) is 17.8 Å². The van der Waals surface area contributed by atoms with Crippen molar-refractivity contribution in [1.82, 2.24) is 14.9 Å². The molecule has 0 fully saturated rings. The highest BCUT2D eigenvalue weighted by Gasteiger charge is 2.08. The minimum absolute atomic E-state index is 0.0757. The van der Waals surface area contributed by atoms with Crippen molar-refractivity contribution in [2.75, 3.05) is 6.54 Å². The summed E-state index contributed by atoms with van der Waals surface area (Å²) >= 11 is 3.50. The van der Waals surface area contributed by atoms with E-state index in [1.165, 1.54) is 10.9 Å². The molecule has 0 saturated carbocycles. The Balaban J connectivity index is 1.56. The quantitative estimate of drug-likeness (QED) is 0.674. The van der Waals surface area contributed by atoms with E-state index in [0.717, 1.165) is 22.0 Å². The Morgan fingerprint density at radius 1 is 1.19 bits per heavy atom. The summed E-state index contributed by atoms with van der Waals surface area (Å²) in [6.07, 6.45) is 2.52. The molecule has 1 aromatic heterocycles. The molecule has 3 aromatic rings. The van der Waals surface area contributed by atoms with Gasteiger partial charge in [0.15, 0.2) is 0 Å². The predicted octanol–water partition coefficient (Wildman–Crippen LogP) is 3.22. The topological polar surface area (TPSA) is 64.0 Å². The van der Waals surface area contributed by atoms with Crippen LogP contribution >= 0.6 is 15.9 Å². The Morgan fingerprint density at radius 3 is 2.81 bits per heavy atom. The van der Waals surface area contributed by atoms with E-state index in [9.17, 15) is 9.59 Å². The number of para-hydroxylation sites is 1. The lowest BCUT2D eigenvalue weighted by molar-refractivity contribution is -0.121. The number of hydrogen-bond donors (Lipinski definition) is 1. The number of aryl methyl sites for hydroxylation is 2. The van der Waals surface area contributed by atoms with E-state index in [2.05, 4.69) is 26.2 Å². The normalized spacial score (nSPS) is 10.8. The third-order valence-electron chi connectivity index (χ3n) is 4.31. The van der Waals surface area contributed by atoms with Crippen LogP contribution in [0.5, 0.6) is 0 Å². The number of carbonyl (C=O) groups excluding carboxylic acids is 1. The lowest BCUT2D eigenvalue weighted by Gasteiger charge is -2.09. The van der Waals surface area contributed by atoms with Gasteiger partial charge in [0.2, 0.25) is 5.91 Å². The molecule has 1 heterocycles. The van der Waals surface area contributed by atoms with Gasteiger partial charge < -0.3 is 5.32 Å². The van der Waals surface area contributed by atoms with Gasteiger partial charge in [-0.25, -0.2) is 4.98 Å². The maximum absolute atomic E-state index is 12.5. The molecule has 26 heavy (non-hydrogen) atoms. The van der Waals surface area contributed by atoms with Gasteiger partial charge in [0.05, 0.1) is 17.2 Å². The molecule has 0 radical (unpaired) electrons. The zero-order valence-electron chi connectivity index (χ0n) is 14.5. The average Bonchev–Trinajstić information content (AvgIpc) is 2.63. The van der Waals surface area contributed by atoms with Crippen molar-refractivity contribution in [3.05, 3.63) is 74.7 Å². The molecule has 1 N–H and O–H groups in total. The Kier molecular flexibility index (Phi) is 5.83. The first-order chi connectivity index (χ1) is 12.6. The summed E-state index contributed by atoms with van der Waals surface area (Å²) in [7, 11) is 0. The van der Waals surface area contributed by atoms with E-state index in [1.807, 2.05) is 43.3 Å². The van der Waals surface area contributed by atoms with Crippen molar-refractivity contribution in [2.24, 2.45) is 0 Å². The number of nitrogens with one attached hydrogen (secondary N) is 1. The molecule has 0 spiro atoms. The van der Waals surface area contributed by atoms with Crippen molar-refractivity contribution in [2.45, 2.75) is 26.3 Å². The Morgan fingerprint density at radius 2 is 2.00 bits per heavy atom. The number of aromatic nitrogens is 2. The lowest BCUT2D eigenvalue weighted by atomic mass is 10.1. The molecule has 0 saturated heterocycles. The van der Waals surface area contributed by atoms with Gasteiger partial charge in [-0.2, -0.15) is 0 Å². The van der Waals surface area contributed by atoms with Crippen molar-refractivity contribution in [1.29, 1.82) is 0 Å². The van der Waals surface area contributed by atoms with Gasteiger partial charge in [0.1, 0.15) is 0 Å². The molecule has 0 aliphatic heterocycles. The Hall–Kier alpha value is -2.47. The fraction of sp³-hybridized carbons (Fsp3) is 0.250. The van der Waals surface area contributed by atoms with Crippen LogP contribution in [0.25, 0.3) is 10.9 Å². The molecule has 0 atom stereocenters. The van der Waals surface area contributed by atoms with Crippen molar-refractivity contribution in [3.8, 4) is 0 Å². The monoisotopic (exact) mass is 413 g/mol. The standard InChI is InChI=1S/C20H20BrN3O2/c1-14-5-4-7-16-19(14)23-13-24(20(16)26)12-10-18(25)22-11-9-15-6-2-3-8-17(15)21/h2-8,13H,9-12H2,1H3,(H,22,25). The van der Waals surface area contributed by atoms with Crippen molar-refractivity contribution in [3.63, 3.8) is 0 Å². The molecule has 5 nitrogen and oxygen atoms in total. The Bertz CT molecular complexity index is 998. The van der Waals surface area contributed by atoms with Crippen molar-refractivity contribution < 1.29 is 4.79 Å². The number of amides is 1. The number of hydrogen-bond acceptors (Lipinski definition) is 3. The fourth-order valence-electron chi connectivity index (χ4n) is 2.84. The second kappa shape index (κ2) is 8.27. The summed E-state index contributed by atoms with van der Waals surface area (Å²) in [4.78, 5) is 28.9. The molecule has 134 valence electrons. The summed E-state index contributed by atoms with van der Waals surface area (Å²) in [5, 5.41) is 3.48. The number of nitrogens with zero attached hydrogens (tertiary/aromatic N) is 2.